The first kappa shape index (κ1) is 12.4. The molecule has 3 nitrogen and oxygen atoms in total. The lowest BCUT2D eigenvalue weighted by molar-refractivity contribution is -0.143. The molecule has 0 rings (SSSR count). The van der Waals surface area contributed by atoms with Gasteiger partial charge in [0.15, 0.2) is 5.05 Å². The number of thiocarbonyl (C=S) groups is 1. The summed E-state index contributed by atoms with van der Waals surface area (Å²) in [6.45, 7) is 6.46. The van der Waals surface area contributed by atoms with Crippen LogP contribution in [-0.4, -0.2) is 24.2 Å². The Morgan fingerprint density at radius 2 is 1.85 bits per heavy atom. The van der Waals surface area contributed by atoms with Gasteiger partial charge in [0.2, 0.25) is 0 Å². The van der Waals surface area contributed by atoms with E-state index in [4.69, 9.17) is 21.7 Å². The predicted octanol–water partition coefficient (Wildman–Crippen LogP) is 1.94. The summed E-state index contributed by atoms with van der Waals surface area (Å²) in [5.41, 5.74) is 0. The molecule has 0 radical (unpaired) electrons. The highest BCUT2D eigenvalue weighted by molar-refractivity contribution is 7.80. The lowest BCUT2D eigenvalue weighted by atomic mass is 10.1. The predicted molar refractivity (Wildman–Crippen MR) is 54.6 cm³/mol. The monoisotopic (exact) mass is 204 g/mol. The van der Waals surface area contributed by atoms with E-state index in [9.17, 15) is 4.79 Å². The van der Waals surface area contributed by atoms with Crippen LogP contribution in [0.2, 0.25) is 0 Å². The van der Waals surface area contributed by atoms with E-state index in [2.05, 4.69) is 0 Å². The molecule has 0 saturated carbocycles. The number of hydrogen-bond acceptors (Lipinski definition) is 4. The van der Waals surface area contributed by atoms with Crippen molar-refractivity contribution in [3.63, 3.8) is 0 Å². The maximum Gasteiger partial charge on any atom is 0.306 e. The molecular weight excluding hydrogens is 188 g/mol. The average molecular weight is 204 g/mol. The van der Waals surface area contributed by atoms with E-state index in [1.54, 1.807) is 6.92 Å². The fourth-order valence-electron chi connectivity index (χ4n) is 0.838. The summed E-state index contributed by atoms with van der Waals surface area (Å²) in [6, 6.07) is 0. The molecule has 76 valence electrons. The first-order chi connectivity index (χ1) is 6.11. The van der Waals surface area contributed by atoms with Crippen LogP contribution in [0.3, 0.4) is 0 Å². The number of hydrogen-bond donors (Lipinski definition) is 0. The van der Waals surface area contributed by atoms with Gasteiger partial charge >= 0.3 is 5.97 Å². The zero-order valence-corrected chi connectivity index (χ0v) is 9.15. The largest absolute Gasteiger partial charge is 0.487 e. The van der Waals surface area contributed by atoms with Crippen molar-refractivity contribution in [2.75, 3.05) is 13.2 Å². The van der Waals surface area contributed by atoms with Gasteiger partial charge in [-0.2, -0.15) is 0 Å². The maximum atomic E-state index is 11.0. The zero-order chi connectivity index (χ0) is 10.3. The van der Waals surface area contributed by atoms with Gasteiger partial charge in [-0.15, -0.1) is 0 Å². The third kappa shape index (κ3) is 5.58. The molecule has 0 fully saturated rings. The standard InChI is InChI=1S/C9H16O3S/c1-4-11-8(10)6-7(3)9(13)12-5-2/h7H,4-6H2,1-3H3. The summed E-state index contributed by atoms with van der Waals surface area (Å²) >= 11 is 4.95. The molecule has 0 aliphatic carbocycles. The van der Waals surface area contributed by atoms with E-state index in [1.165, 1.54) is 0 Å². The highest BCUT2D eigenvalue weighted by Crippen LogP contribution is 2.07. The van der Waals surface area contributed by atoms with Gasteiger partial charge in [0.25, 0.3) is 0 Å². The average Bonchev–Trinajstić information content (AvgIpc) is 2.05. The molecule has 0 bridgehead atoms. The number of esters is 1. The normalized spacial score (nSPS) is 11.9. The van der Waals surface area contributed by atoms with Crippen molar-refractivity contribution in [1.29, 1.82) is 0 Å². The van der Waals surface area contributed by atoms with Gasteiger partial charge in [0.1, 0.15) is 0 Å². The van der Waals surface area contributed by atoms with Crippen LogP contribution in [0.5, 0.6) is 0 Å². The number of ether oxygens (including phenoxy) is 2. The van der Waals surface area contributed by atoms with Crippen LogP contribution in [0, 0.1) is 5.92 Å². The van der Waals surface area contributed by atoms with Crippen LogP contribution in [0.4, 0.5) is 0 Å². The Morgan fingerprint density at radius 3 is 2.31 bits per heavy atom. The third-order valence-electron chi connectivity index (χ3n) is 1.47. The minimum Gasteiger partial charge on any atom is -0.487 e. The molecule has 0 aromatic carbocycles. The van der Waals surface area contributed by atoms with Crippen molar-refractivity contribution in [3.05, 3.63) is 0 Å². The van der Waals surface area contributed by atoms with E-state index < -0.39 is 0 Å². The topological polar surface area (TPSA) is 35.5 Å². The summed E-state index contributed by atoms with van der Waals surface area (Å²) < 4.78 is 9.89. The Labute approximate surface area is 84.4 Å². The summed E-state index contributed by atoms with van der Waals surface area (Å²) in [4.78, 5) is 11.0. The third-order valence-corrected chi connectivity index (χ3v) is 1.99. The fourth-order valence-corrected chi connectivity index (χ4v) is 1.04. The lowest BCUT2D eigenvalue weighted by Crippen LogP contribution is -2.17. The molecule has 1 atom stereocenters. The lowest BCUT2D eigenvalue weighted by Gasteiger charge is -2.11. The summed E-state index contributed by atoms with van der Waals surface area (Å²) in [6.07, 6.45) is 0.298. The van der Waals surface area contributed by atoms with Gasteiger partial charge in [0.05, 0.1) is 19.6 Å². The van der Waals surface area contributed by atoms with Crippen molar-refractivity contribution in [2.45, 2.75) is 27.2 Å². The van der Waals surface area contributed by atoms with Crippen molar-refractivity contribution < 1.29 is 14.3 Å². The molecule has 0 spiro atoms. The van der Waals surface area contributed by atoms with E-state index >= 15 is 0 Å². The van der Waals surface area contributed by atoms with Crippen molar-refractivity contribution >= 4 is 23.2 Å². The quantitative estimate of drug-likeness (QED) is 0.506. The minimum absolute atomic E-state index is 0.0472. The van der Waals surface area contributed by atoms with Crippen LogP contribution < -0.4 is 0 Å². The van der Waals surface area contributed by atoms with Crippen molar-refractivity contribution in [2.24, 2.45) is 5.92 Å². The second-order valence-corrected chi connectivity index (χ2v) is 3.06. The van der Waals surface area contributed by atoms with Crippen LogP contribution in [0.25, 0.3) is 0 Å². The Hall–Kier alpha value is -0.640. The molecule has 4 heteroatoms. The van der Waals surface area contributed by atoms with Crippen molar-refractivity contribution in [3.8, 4) is 0 Å². The van der Waals surface area contributed by atoms with E-state index in [-0.39, 0.29) is 11.9 Å². The molecule has 13 heavy (non-hydrogen) atoms. The van der Waals surface area contributed by atoms with Gasteiger partial charge in [-0.25, -0.2) is 0 Å². The number of carbonyl (C=O) groups is 1. The molecule has 1 unspecified atom stereocenters. The molecule has 0 saturated heterocycles. The van der Waals surface area contributed by atoms with Gasteiger partial charge in [-0.3, -0.25) is 4.79 Å². The molecule has 0 heterocycles. The van der Waals surface area contributed by atoms with E-state index in [0.29, 0.717) is 24.7 Å². The number of rotatable bonds is 5. The number of carbonyl (C=O) groups excluding carboxylic acids is 1. The molecule has 0 aliphatic rings. The van der Waals surface area contributed by atoms with Crippen LogP contribution in [0.15, 0.2) is 0 Å². The van der Waals surface area contributed by atoms with Gasteiger partial charge in [-0.1, -0.05) is 6.92 Å². The van der Waals surface area contributed by atoms with Gasteiger partial charge < -0.3 is 9.47 Å². The Kier molecular flexibility index (Phi) is 6.49. The highest BCUT2D eigenvalue weighted by atomic mass is 32.1. The van der Waals surface area contributed by atoms with Crippen LogP contribution >= 0.6 is 12.2 Å². The first-order valence-corrected chi connectivity index (χ1v) is 4.84. The Balaban J connectivity index is 3.78. The molecule has 0 aliphatic heterocycles. The maximum absolute atomic E-state index is 11.0. The second kappa shape index (κ2) is 6.83. The highest BCUT2D eigenvalue weighted by Gasteiger charge is 2.14. The van der Waals surface area contributed by atoms with Crippen LogP contribution in [0.1, 0.15) is 27.2 Å². The smallest absolute Gasteiger partial charge is 0.306 e. The molecular formula is C9H16O3S. The first-order valence-electron chi connectivity index (χ1n) is 4.44. The molecule has 0 aromatic heterocycles. The van der Waals surface area contributed by atoms with Crippen molar-refractivity contribution in [1.82, 2.24) is 0 Å². The summed E-state index contributed by atoms with van der Waals surface area (Å²) in [5.74, 6) is -0.272. The van der Waals surface area contributed by atoms with Crippen LogP contribution in [-0.2, 0) is 14.3 Å². The fraction of sp³-hybridized carbons (Fsp3) is 0.778. The molecule has 0 N–H and O–H groups in total. The Morgan fingerprint density at radius 1 is 1.31 bits per heavy atom. The van der Waals surface area contributed by atoms with Gasteiger partial charge in [0, 0.05) is 5.92 Å². The second-order valence-electron chi connectivity index (χ2n) is 2.66. The Bertz CT molecular complexity index is 180. The van der Waals surface area contributed by atoms with E-state index in [0.717, 1.165) is 0 Å². The zero-order valence-electron chi connectivity index (χ0n) is 8.33. The van der Waals surface area contributed by atoms with E-state index in [1.807, 2.05) is 13.8 Å². The summed E-state index contributed by atoms with van der Waals surface area (Å²) in [5, 5.41) is 0.482. The SMILES string of the molecule is CCOC(=O)CC(C)C(=S)OCC. The minimum atomic E-state index is -0.225. The molecule has 0 amide bonds. The summed E-state index contributed by atoms with van der Waals surface area (Å²) in [7, 11) is 0. The van der Waals surface area contributed by atoms with Gasteiger partial charge in [-0.05, 0) is 26.1 Å². The molecule has 0 aromatic rings.